The number of benzene rings is 2. The van der Waals surface area contributed by atoms with Crippen molar-refractivity contribution >= 4 is 23.1 Å². The van der Waals surface area contributed by atoms with Gasteiger partial charge in [-0.1, -0.05) is 18.2 Å². The maximum atomic E-state index is 12.1. The Balaban J connectivity index is 2.06. The van der Waals surface area contributed by atoms with Crippen molar-refractivity contribution in [1.82, 2.24) is 0 Å². The lowest BCUT2D eigenvalue weighted by atomic mass is 10.2. The zero-order valence-electron chi connectivity index (χ0n) is 12.0. The molecule has 2 aromatic rings. The van der Waals surface area contributed by atoms with Crippen LogP contribution in [-0.2, 0) is 0 Å². The molecule has 0 aliphatic carbocycles. The van der Waals surface area contributed by atoms with Crippen LogP contribution in [0.5, 0.6) is 0 Å². The first-order valence-electron chi connectivity index (χ1n) is 6.45. The predicted octanol–water partition coefficient (Wildman–Crippen LogP) is 3.42. The molecule has 0 spiro atoms. The third-order valence-corrected chi connectivity index (χ3v) is 3.08. The van der Waals surface area contributed by atoms with E-state index in [1.807, 2.05) is 73.6 Å². The monoisotopic (exact) mass is 269 g/mol. The van der Waals surface area contributed by atoms with E-state index in [4.69, 9.17) is 0 Å². The van der Waals surface area contributed by atoms with E-state index < -0.39 is 0 Å². The molecule has 4 nitrogen and oxygen atoms in total. The molecule has 0 bridgehead atoms. The molecule has 0 aliphatic rings. The van der Waals surface area contributed by atoms with Crippen LogP contribution in [0.3, 0.4) is 0 Å². The fourth-order valence-corrected chi connectivity index (χ4v) is 1.82. The van der Waals surface area contributed by atoms with Crippen LogP contribution < -0.4 is 15.1 Å². The Labute approximate surface area is 119 Å². The highest BCUT2D eigenvalue weighted by Crippen LogP contribution is 2.19. The van der Waals surface area contributed by atoms with Crippen molar-refractivity contribution in [2.75, 3.05) is 36.3 Å². The summed E-state index contributed by atoms with van der Waals surface area (Å²) in [6.07, 6.45) is 0. The fraction of sp³-hybridized carbons (Fsp3) is 0.188. The lowest BCUT2D eigenvalue weighted by molar-refractivity contribution is 0.258. The summed E-state index contributed by atoms with van der Waals surface area (Å²) in [5, 5.41) is 2.85. The van der Waals surface area contributed by atoms with Gasteiger partial charge in [-0.25, -0.2) is 4.79 Å². The molecule has 2 aromatic carbocycles. The number of urea groups is 1. The van der Waals surface area contributed by atoms with E-state index in [1.165, 1.54) is 0 Å². The minimum absolute atomic E-state index is 0.159. The second-order valence-electron chi connectivity index (χ2n) is 4.77. The van der Waals surface area contributed by atoms with E-state index in [9.17, 15) is 4.79 Å². The maximum Gasteiger partial charge on any atom is 0.326 e. The molecule has 0 atom stereocenters. The number of rotatable bonds is 3. The summed E-state index contributed by atoms with van der Waals surface area (Å²) < 4.78 is 0. The molecule has 2 amide bonds. The van der Waals surface area contributed by atoms with Gasteiger partial charge in [-0.05, 0) is 36.4 Å². The van der Waals surface area contributed by atoms with Crippen LogP contribution in [0.2, 0.25) is 0 Å². The van der Waals surface area contributed by atoms with E-state index in [1.54, 1.807) is 11.9 Å². The van der Waals surface area contributed by atoms with Crippen LogP contribution in [0, 0.1) is 0 Å². The largest absolute Gasteiger partial charge is 0.378 e. The smallest absolute Gasteiger partial charge is 0.326 e. The Bertz CT molecular complexity index is 564. The molecule has 1 N–H and O–H groups in total. The van der Waals surface area contributed by atoms with Gasteiger partial charge in [-0.2, -0.15) is 0 Å². The second-order valence-corrected chi connectivity index (χ2v) is 4.77. The number of anilines is 3. The minimum atomic E-state index is -0.159. The number of nitrogens with one attached hydrogen (secondary N) is 1. The Morgan fingerprint density at radius 1 is 0.850 bits per heavy atom. The van der Waals surface area contributed by atoms with Crippen molar-refractivity contribution in [1.29, 1.82) is 0 Å². The average molecular weight is 269 g/mol. The summed E-state index contributed by atoms with van der Waals surface area (Å²) in [4.78, 5) is 15.7. The molecular weight excluding hydrogens is 250 g/mol. The van der Waals surface area contributed by atoms with E-state index >= 15 is 0 Å². The quantitative estimate of drug-likeness (QED) is 0.926. The van der Waals surface area contributed by atoms with Crippen LogP contribution in [0.1, 0.15) is 0 Å². The molecule has 2 rings (SSSR count). The summed E-state index contributed by atoms with van der Waals surface area (Å²) in [6.45, 7) is 0. The van der Waals surface area contributed by atoms with E-state index in [0.717, 1.165) is 17.1 Å². The van der Waals surface area contributed by atoms with Crippen LogP contribution in [-0.4, -0.2) is 27.2 Å². The van der Waals surface area contributed by atoms with Gasteiger partial charge in [0, 0.05) is 38.2 Å². The molecule has 20 heavy (non-hydrogen) atoms. The van der Waals surface area contributed by atoms with Gasteiger partial charge in [0.1, 0.15) is 0 Å². The Hall–Kier alpha value is -2.49. The molecule has 0 radical (unpaired) electrons. The molecule has 0 fully saturated rings. The van der Waals surface area contributed by atoms with Gasteiger partial charge in [0.05, 0.1) is 0 Å². The van der Waals surface area contributed by atoms with Crippen molar-refractivity contribution in [3.8, 4) is 0 Å². The summed E-state index contributed by atoms with van der Waals surface area (Å²) >= 11 is 0. The number of para-hydroxylation sites is 1. The summed E-state index contributed by atoms with van der Waals surface area (Å²) in [6, 6.07) is 17.1. The predicted molar refractivity (Wildman–Crippen MR) is 84.6 cm³/mol. The van der Waals surface area contributed by atoms with Crippen molar-refractivity contribution < 1.29 is 4.79 Å². The summed E-state index contributed by atoms with van der Waals surface area (Å²) in [5.74, 6) is 0. The van der Waals surface area contributed by atoms with Gasteiger partial charge in [0.25, 0.3) is 0 Å². The first kappa shape index (κ1) is 13.9. The lowest BCUT2D eigenvalue weighted by Gasteiger charge is -2.19. The molecule has 0 aromatic heterocycles. The lowest BCUT2D eigenvalue weighted by Crippen LogP contribution is -2.31. The SMILES string of the molecule is CN(C)c1ccc(N(C)C(=O)Nc2ccccc2)cc1. The second kappa shape index (κ2) is 6.10. The number of nitrogens with zero attached hydrogens (tertiary/aromatic N) is 2. The van der Waals surface area contributed by atoms with Gasteiger partial charge in [-0.15, -0.1) is 0 Å². The summed E-state index contributed by atoms with van der Waals surface area (Å²) in [5.41, 5.74) is 2.74. The normalized spacial score (nSPS) is 9.95. The number of hydrogen-bond acceptors (Lipinski definition) is 2. The molecule has 0 aliphatic heterocycles. The summed E-state index contributed by atoms with van der Waals surface area (Å²) in [7, 11) is 5.73. The molecule has 0 heterocycles. The molecular formula is C16H19N3O. The first-order chi connectivity index (χ1) is 9.58. The molecule has 0 unspecified atom stereocenters. The third kappa shape index (κ3) is 3.29. The van der Waals surface area contributed by atoms with Gasteiger partial charge < -0.3 is 10.2 Å². The number of amides is 2. The van der Waals surface area contributed by atoms with Gasteiger partial charge in [0.15, 0.2) is 0 Å². The highest BCUT2D eigenvalue weighted by molar-refractivity contribution is 6.01. The van der Waals surface area contributed by atoms with Gasteiger partial charge >= 0.3 is 6.03 Å². The van der Waals surface area contributed by atoms with Crippen LogP contribution in [0.4, 0.5) is 21.9 Å². The molecule has 0 saturated carbocycles. The van der Waals surface area contributed by atoms with Crippen molar-refractivity contribution in [2.45, 2.75) is 0 Å². The highest BCUT2D eigenvalue weighted by atomic mass is 16.2. The Morgan fingerprint density at radius 2 is 1.40 bits per heavy atom. The molecule has 0 saturated heterocycles. The van der Waals surface area contributed by atoms with Crippen molar-refractivity contribution in [3.05, 3.63) is 54.6 Å². The Morgan fingerprint density at radius 3 is 1.95 bits per heavy atom. The van der Waals surface area contributed by atoms with E-state index in [-0.39, 0.29) is 6.03 Å². The maximum absolute atomic E-state index is 12.1. The van der Waals surface area contributed by atoms with E-state index in [2.05, 4.69) is 5.32 Å². The van der Waals surface area contributed by atoms with Crippen molar-refractivity contribution in [2.24, 2.45) is 0 Å². The van der Waals surface area contributed by atoms with E-state index in [0.29, 0.717) is 0 Å². The molecule has 104 valence electrons. The number of carbonyl (C=O) groups is 1. The zero-order chi connectivity index (χ0) is 14.5. The highest BCUT2D eigenvalue weighted by Gasteiger charge is 2.10. The minimum Gasteiger partial charge on any atom is -0.378 e. The van der Waals surface area contributed by atoms with Gasteiger partial charge in [-0.3, -0.25) is 4.90 Å². The average Bonchev–Trinajstić information content (AvgIpc) is 2.47. The van der Waals surface area contributed by atoms with Crippen molar-refractivity contribution in [3.63, 3.8) is 0 Å². The molecule has 4 heteroatoms. The topological polar surface area (TPSA) is 35.6 Å². The zero-order valence-corrected chi connectivity index (χ0v) is 12.0. The fourth-order valence-electron chi connectivity index (χ4n) is 1.82. The first-order valence-corrected chi connectivity index (χ1v) is 6.45. The van der Waals surface area contributed by atoms with Gasteiger partial charge in [0.2, 0.25) is 0 Å². The number of carbonyl (C=O) groups excluding carboxylic acids is 1. The van der Waals surface area contributed by atoms with Crippen LogP contribution in [0.25, 0.3) is 0 Å². The van der Waals surface area contributed by atoms with Crippen LogP contribution in [0.15, 0.2) is 54.6 Å². The third-order valence-electron chi connectivity index (χ3n) is 3.08. The van der Waals surface area contributed by atoms with Crippen LogP contribution >= 0.6 is 0 Å². The number of hydrogen-bond donors (Lipinski definition) is 1. The standard InChI is InChI=1S/C16H19N3O/c1-18(2)14-9-11-15(12-10-14)19(3)16(20)17-13-7-5-4-6-8-13/h4-12H,1-3H3,(H,17,20). The Kier molecular flexibility index (Phi) is 4.25.